The van der Waals surface area contributed by atoms with Crippen LogP contribution in [0.5, 0.6) is 0 Å². The van der Waals surface area contributed by atoms with Gasteiger partial charge in [0, 0.05) is 16.8 Å². The molecular formula is C26H45N3O10. The number of carboxylic acid groups (broad SMARTS) is 1. The van der Waals surface area contributed by atoms with Crippen LogP contribution in [0.1, 0.15) is 70.5 Å². The molecule has 0 unspecified atom stereocenters. The van der Waals surface area contributed by atoms with Crippen molar-refractivity contribution < 1.29 is 51.9 Å². The highest BCUT2D eigenvalue weighted by atomic mass is 16.4. The molecule has 0 rings (SSSR count). The maximum absolute atomic E-state index is 15.0. The van der Waals surface area contributed by atoms with Gasteiger partial charge in [-0.3, -0.25) is 24.0 Å². The van der Waals surface area contributed by atoms with Crippen molar-refractivity contribution in [2.45, 2.75) is 103 Å². The van der Waals surface area contributed by atoms with Gasteiger partial charge >= 0.3 is 5.97 Å². The molecule has 0 saturated heterocycles. The van der Waals surface area contributed by atoms with Gasteiger partial charge in [-0.05, 0) is 47.1 Å². The van der Waals surface area contributed by atoms with Crippen LogP contribution in [0.25, 0.3) is 0 Å². The predicted molar refractivity (Wildman–Crippen MR) is 141 cm³/mol. The Morgan fingerprint density at radius 1 is 0.923 bits per heavy atom. The molecule has 0 fully saturated rings. The topological polar surface area (TPSA) is 202 Å². The number of likely N-dealkylation sites (N-methyl/N-ethyl adjacent to an activating group) is 3. The van der Waals surface area contributed by atoms with Crippen LogP contribution in [-0.2, 0) is 28.8 Å². The highest BCUT2D eigenvalue weighted by molar-refractivity contribution is 6.30. The smallest absolute Gasteiger partial charge is 0.343 e. The molecule has 2 amide bonds. The van der Waals surface area contributed by atoms with E-state index in [1.807, 2.05) is 0 Å². The number of ketones is 3. The summed E-state index contributed by atoms with van der Waals surface area (Å²) in [6.07, 6.45) is -3.38. The fourth-order valence-corrected chi connectivity index (χ4v) is 4.54. The molecule has 5 N–H and O–H groups in total. The first-order chi connectivity index (χ1) is 18.7. The summed E-state index contributed by atoms with van der Waals surface area (Å²) in [4.78, 5) is 82.7. The number of rotatable bonds is 16. The van der Waals surface area contributed by atoms with E-state index in [1.54, 1.807) is 6.92 Å². The third-order valence-corrected chi connectivity index (χ3v) is 7.32. The lowest BCUT2D eigenvalue weighted by Gasteiger charge is -2.51. The summed E-state index contributed by atoms with van der Waals surface area (Å²) in [6, 6.07) is -1.29. The maximum atomic E-state index is 15.0. The molecule has 0 heterocycles. The Balaban J connectivity index is 8.27. The molecule has 0 aliphatic carbocycles. The number of nitrogens with zero attached hydrogens (tertiary/aromatic N) is 2. The third-order valence-electron chi connectivity index (χ3n) is 7.32. The van der Waals surface area contributed by atoms with Gasteiger partial charge in [0.15, 0.2) is 22.6 Å². The van der Waals surface area contributed by atoms with Crippen molar-refractivity contribution in [2.24, 2.45) is 5.92 Å². The molecule has 13 nitrogen and oxygen atoms in total. The molecular weight excluding hydrogens is 514 g/mol. The highest BCUT2D eigenvalue weighted by Gasteiger charge is 2.67. The van der Waals surface area contributed by atoms with E-state index >= 15 is 0 Å². The van der Waals surface area contributed by atoms with Crippen LogP contribution in [0, 0.1) is 5.92 Å². The lowest BCUT2D eigenvalue weighted by molar-refractivity contribution is -0.180. The Morgan fingerprint density at radius 3 is 1.77 bits per heavy atom. The van der Waals surface area contributed by atoms with Gasteiger partial charge in [-0.25, -0.2) is 4.79 Å². The van der Waals surface area contributed by atoms with Crippen molar-refractivity contribution >= 4 is 35.1 Å². The average Bonchev–Trinajstić information content (AvgIpc) is 2.91. The van der Waals surface area contributed by atoms with E-state index in [9.17, 15) is 49.2 Å². The molecule has 7 atom stereocenters. The van der Waals surface area contributed by atoms with Gasteiger partial charge in [-0.15, -0.1) is 0 Å². The number of carbonyl (C=O) groups is 6. The normalized spacial score (nSPS) is 19.9. The van der Waals surface area contributed by atoms with Gasteiger partial charge in [0.2, 0.25) is 11.4 Å². The van der Waals surface area contributed by atoms with E-state index in [2.05, 4.69) is 5.32 Å². The fraction of sp³-hybridized carbons (Fsp3) is 0.769. The average molecular weight is 562 g/mol. The number of amides is 2. The first-order valence-electron chi connectivity index (χ1n) is 14.0. The molecule has 39 heavy (non-hydrogen) atoms. The molecule has 0 spiro atoms. The van der Waals surface area contributed by atoms with Crippen molar-refractivity contribution in [3.63, 3.8) is 0 Å². The molecule has 0 aromatic carbocycles. The van der Waals surface area contributed by atoms with Crippen LogP contribution in [0.2, 0.25) is 0 Å². The molecule has 0 aliphatic rings. The maximum Gasteiger partial charge on any atom is 0.343 e. The monoisotopic (exact) mass is 561 g/mol. The van der Waals surface area contributed by atoms with Gasteiger partial charge in [0.25, 0.3) is 11.8 Å². The number of hydrogen-bond donors (Lipinski definition) is 5. The third kappa shape index (κ3) is 6.37. The fourth-order valence-electron chi connectivity index (χ4n) is 4.54. The van der Waals surface area contributed by atoms with Crippen molar-refractivity contribution in [3.05, 3.63) is 0 Å². The number of hydrogen-bond acceptors (Lipinski definition) is 10. The second-order valence-electron chi connectivity index (χ2n) is 10.1. The number of carbonyl (C=O) groups excluding carboxylic acids is 5. The molecule has 0 aromatic heterocycles. The Morgan fingerprint density at radius 2 is 1.41 bits per heavy atom. The van der Waals surface area contributed by atoms with Crippen LogP contribution in [-0.4, -0.2) is 121 Å². The summed E-state index contributed by atoms with van der Waals surface area (Å²) in [5, 5.41) is 43.4. The lowest BCUT2D eigenvalue weighted by Crippen LogP contribution is -2.78. The molecule has 0 bridgehead atoms. The molecule has 224 valence electrons. The standard InChI is InChI=1S/C26H45N3O10/c1-11-13-17(27-8)18(32)24(6,28(9)19(33)15(4)30)21(35)26(14(3)12-2,29(10)20(34)16(5)31)22(36)25(7,39)23(37)38/h14-17,27,30-31,39H,11-13H2,1-10H3,(H,37,38)/t14-,15-,16-,17-,24+,25+,26+/m0/s1/i8D,9D. The Labute approximate surface area is 232 Å². The second-order valence-corrected chi connectivity index (χ2v) is 10.1. The Kier molecular flexibility index (Phi) is 11.3. The summed E-state index contributed by atoms with van der Waals surface area (Å²) in [6.45, 7) is 8.03. The van der Waals surface area contributed by atoms with Crippen LogP contribution < -0.4 is 5.32 Å². The number of aliphatic hydroxyl groups excluding tert-OH is 2. The number of aliphatic carboxylic acids is 1. The minimum atomic E-state index is -3.31. The SMILES string of the molecule is [2H]CN[C@@H](CCC)C(=O)[C@](C)(C(=O)[C@@](C(=O)[C@@](C)(O)C(=O)O)([C@@H](C)CC)N(C)C(=O)[C@H](C)O)N(C[2H])C(=O)[C@H](C)O. The van der Waals surface area contributed by atoms with Crippen molar-refractivity contribution in [3.8, 4) is 0 Å². The number of Topliss-reactive ketones (excluding diaryl/α,β-unsaturated/α-hetero) is 3. The summed E-state index contributed by atoms with van der Waals surface area (Å²) in [7, 11) is -0.673. The summed E-state index contributed by atoms with van der Waals surface area (Å²) >= 11 is 0. The van der Waals surface area contributed by atoms with Gasteiger partial charge in [0.05, 0.1) is 6.04 Å². The predicted octanol–water partition coefficient (Wildman–Crippen LogP) is -0.861. The number of aliphatic hydroxyl groups is 3. The highest BCUT2D eigenvalue weighted by Crippen LogP contribution is 2.39. The van der Waals surface area contributed by atoms with Crippen LogP contribution in [0.4, 0.5) is 0 Å². The molecule has 0 aliphatic heterocycles. The van der Waals surface area contributed by atoms with Crippen LogP contribution >= 0.6 is 0 Å². The first kappa shape index (κ1) is 32.5. The molecule has 0 radical (unpaired) electrons. The van der Waals surface area contributed by atoms with Crippen LogP contribution in [0.3, 0.4) is 0 Å². The van der Waals surface area contributed by atoms with Crippen molar-refractivity contribution in [2.75, 3.05) is 21.1 Å². The molecule has 0 saturated carbocycles. The van der Waals surface area contributed by atoms with Gasteiger partial charge in [-0.2, -0.15) is 0 Å². The molecule has 0 aromatic rings. The quantitative estimate of drug-likeness (QED) is 0.147. The summed E-state index contributed by atoms with van der Waals surface area (Å²) in [5.41, 5.74) is -9.11. The van der Waals surface area contributed by atoms with E-state index in [-0.39, 0.29) is 12.8 Å². The van der Waals surface area contributed by atoms with Gasteiger partial charge in [0.1, 0.15) is 12.2 Å². The minimum Gasteiger partial charge on any atom is -0.479 e. The lowest BCUT2D eigenvalue weighted by atomic mass is 9.64. The summed E-state index contributed by atoms with van der Waals surface area (Å²) in [5.74, 6) is -10.2. The van der Waals surface area contributed by atoms with E-state index in [1.165, 1.54) is 13.8 Å². The second kappa shape index (κ2) is 13.6. The van der Waals surface area contributed by atoms with E-state index in [0.717, 1.165) is 27.8 Å². The molecule has 13 heteroatoms. The zero-order valence-corrected chi connectivity index (χ0v) is 24.0. The Hall–Kier alpha value is -2.74. The zero-order chi connectivity index (χ0) is 32.7. The number of nitrogens with one attached hydrogen (secondary N) is 1. The van der Waals surface area contributed by atoms with E-state index < -0.39 is 90.0 Å². The minimum absolute atomic E-state index is 0.0366. The zero-order valence-electron chi connectivity index (χ0n) is 26.0. The van der Waals surface area contributed by atoms with Crippen LogP contribution in [0.15, 0.2) is 0 Å². The first-order valence-corrected chi connectivity index (χ1v) is 12.6. The van der Waals surface area contributed by atoms with Crippen molar-refractivity contribution in [1.82, 2.24) is 15.1 Å². The Bertz CT molecular complexity index is 1000. The van der Waals surface area contributed by atoms with E-state index in [4.69, 9.17) is 2.74 Å². The largest absolute Gasteiger partial charge is 0.479 e. The van der Waals surface area contributed by atoms with E-state index in [0.29, 0.717) is 23.1 Å². The van der Waals surface area contributed by atoms with Gasteiger partial charge < -0.3 is 35.5 Å². The number of carboxylic acids is 1. The van der Waals surface area contributed by atoms with Crippen molar-refractivity contribution in [1.29, 1.82) is 0 Å². The van der Waals surface area contributed by atoms with Gasteiger partial charge in [-0.1, -0.05) is 33.6 Å². The summed E-state index contributed by atoms with van der Waals surface area (Å²) < 4.78 is 15.6.